The summed E-state index contributed by atoms with van der Waals surface area (Å²) in [5.41, 5.74) is 2.16. The molecule has 0 saturated heterocycles. The van der Waals surface area contributed by atoms with E-state index in [9.17, 15) is 13.9 Å². The van der Waals surface area contributed by atoms with Crippen LogP contribution in [0.3, 0.4) is 0 Å². The fourth-order valence-electron chi connectivity index (χ4n) is 3.42. The van der Waals surface area contributed by atoms with E-state index in [-0.39, 0.29) is 5.69 Å². The summed E-state index contributed by atoms with van der Waals surface area (Å²) in [7, 11) is 0. The van der Waals surface area contributed by atoms with Crippen LogP contribution in [0.15, 0.2) is 42.7 Å². The number of rotatable bonds is 2. The fourth-order valence-corrected chi connectivity index (χ4v) is 4.55. The molecular formula is C23H16F2N4O2S. The normalized spacial score (nSPS) is 13.2. The number of pyridine rings is 1. The Morgan fingerprint density at radius 1 is 1.22 bits per heavy atom. The highest BCUT2D eigenvalue weighted by Gasteiger charge is 2.23. The Morgan fingerprint density at radius 3 is 2.91 bits per heavy atom. The third kappa shape index (κ3) is 3.75. The number of halogens is 2. The van der Waals surface area contributed by atoms with Crippen molar-refractivity contribution < 1.29 is 18.6 Å². The van der Waals surface area contributed by atoms with Crippen molar-refractivity contribution in [2.75, 3.05) is 6.61 Å². The van der Waals surface area contributed by atoms with Crippen molar-refractivity contribution in [3.63, 3.8) is 0 Å². The number of ether oxygens (including phenoxy) is 1. The summed E-state index contributed by atoms with van der Waals surface area (Å²) in [5.74, 6) is 5.25. The number of aromatic nitrogens is 4. The van der Waals surface area contributed by atoms with E-state index in [1.54, 1.807) is 13.0 Å². The molecule has 9 heteroatoms. The molecule has 3 aromatic heterocycles. The summed E-state index contributed by atoms with van der Waals surface area (Å²) in [6.45, 7) is 2.07. The highest BCUT2D eigenvalue weighted by molar-refractivity contribution is 7.16. The molecule has 160 valence electrons. The lowest BCUT2D eigenvalue weighted by Gasteiger charge is -2.07. The van der Waals surface area contributed by atoms with E-state index in [2.05, 4.69) is 26.9 Å². The Bertz CT molecular complexity index is 1380. The number of aliphatic hydroxyl groups is 1. The maximum atomic E-state index is 14.4. The molecule has 0 radical (unpaired) electrons. The SMILES string of the molecule is CC(O)C#Cc1ccc2c(n1)-c1cc(-c3ncnn3-c3ccc(F)cc3F)sc1CCO2. The summed E-state index contributed by atoms with van der Waals surface area (Å²) in [5, 5.41) is 13.6. The van der Waals surface area contributed by atoms with E-state index in [1.165, 1.54) is 34.5 Å². The first-order valence-electron chi connectivity index (χ1n) is 9.82. The molecule has 0 saturated carbocycles. The molecule has 1 aliphatic rings. The number of hydrogen-bond donors (Lipinski definition) is 1. The minimum atomic E-state index is -0.756. The molecule has 1 N–H and O–H groups in total. The quantitative estimate of drug-likeness (QED) is 0.468. The molecule has 0 spiro atoms. The van der Waals surface area contributed by atoms with Crippen LogP contribution in [0.25, 0.3) is 27.6 Å². The Balaban J connectivity index is 1.61. The first-order chi connectivity index (χ1) is 15.5. The predicted molar refractivity (Wildman–Crippen MR) is 116 cm³/mol. The number of benzene rings is 1. The summed E-state index contributed by atoms with van der Waals surface area (Å²) < 4.78 is 34.9. The van der Waals surface area contributed by atoms with Gasteiger partial charge in [-0.25, -0.2) is 23.4 Å². The minimum Gasteiger partial charge on any atom is -0.491 e. The van der Waals surface area contributed by atoms with E-state index >= 15 is 0 Å². The molecule has 0 bridgehead atoms. The van der Waals surface area contributed by atoms with E-state index in [4.69, 9.17) is 4.74 Å². The van der Waals surface area contributed by atoms with Crippen molar-refractivity contribution in [2.45, 2.75) is 19.4 Å². The van der Waals surface area contributed by atoms with Crippen LogP contribution in [-0.2, 0) is 6.42 Å². The number of nitrogens with zero attached hydrogens (tertiary/aromatic N) is 4. The molecule has 6 nitrogen and oxygen atoms in total. The molecule has 1 aromatic carbocycles. The predicted octanol–water partition coefficient (Wildman–Crippen LogP) is 4.00. The fraction of sp³-hybridized carbons (Fsp3) is 0.174. The van der Waals surface area contributed by atoms with Crippen molar-refractivity contribution in [3.05, 3.63) is 64.9 Å². The van der Waals surface area contributed by atoms with Gasteiger partial charge in [0.15, 0.2) is 11.6 Å². The van der Waals surface area contributed by atoms with Crippen LogP contribution in [0.1, 0.15) is 17.5 Å². The smallest absolute Gasteiger partial charge is 0.173 e. The Hall–Kier alpha value is -3.61. The zero-order valence-electron chi connectivity index (χ0n) is 16.8. The van der Waals surface area contributed by atoms with Gasteiger partial charge in [0.1, 0.15) is 41.1 Å². The first kappa shape index (κ1) is 20.3. The third-order valence-corrected chi connectivity index (χ3v) is 6.01. The van der Waals surface area contributed by atoms with Crippen molar-refractivity contribution in [3.8, 4) is 45.2 Å². The van der Waals surface area contributed by atoms with Crippen LogP contribution < -0.4 is 4.74 Å². The summed E-state index contributed by atoms with van der Waals surface area (Å²) >= 11 is 1.50. The highest BCUT2D eigenvalue weighted by Crippen LogP contribution is 2.41. The van der Waals surface area contributed by atoms with Crippen LogP contribution in [0, 0.1) is 23.5 Å². The second-order valence-electron chi connectivity index (χ2n) is 7.13. The number of aliphatic hydroxyl groups excluding tert-OH is 1. The molecule has 1 atom stereocenters. The molecular weight excluding hydrogens is 434 g/mol. The Kier molecular flexibility index (Phi) is 5.17. The van der Waals surface area contributed by atoms with Gasteiger partial charge in [0, 0.05) is 22.9 Å². The maximum Gasteiger partial charge on any atom is 0.173 e. The van der Waals surface area contributed by atoms with Crippen LogP contribution >= 0.6 is 11.3 Å². The van der Waals surface area contributed by atoms with Crippen LogP contribution in [0.2, 0.25) is 0 Å². The summed E-state index contributed by atoms with van der Waals surface area (Å²) in [4.78, 5) is 10.8. The van der Waals surface area contributed by atoms with Gasteiger partial charge in [0.2, 0.25) is 0 Å². The number of hydrogen-bond acceptors (Lipinski definition) is 6. The van der Waals surface area contributed by atoms with Gasteiger partial charge >= 0.3 is 0 Å². The molecule has 1 aliphatic heterocycles. The van der Waals surface area contributed by atoms with Gasteiger partial charge in [-0.05, 0) is 43.2 Å². The van der Waals surface area contributed by atoms with E-state index in [0.717, 1.165) is 21.4 Å². The van der Waals surface area contributed by atoms with Crippen LogP contribution in [-0.4, -0.2) is 37.6 Å². The summed E-state index contributed by atoms with van der Waals surface area (Å²) in [6.07, 6.45) is 1.25. The van der Waals surface area contributed by atoms with Gasteiger partial charge < -0.3 is 9.84 Å². The molecule has 0 fully saturated rings. The summed E-state index contributed by atoms with van der Waals surface area (Å²) in [6, 6.07) is 8.82. The second kappa shape index (κ2) is 8.15. The lowest BCUT2D eigenvalue weighted by atomic mass is 10.1. The molecule has 4 heterocycles. The van der Waals surface area contributed by atoms with Gasteiger partial charge in [-0.15, -0.1) is 11.3 Å². The molecule has 0 aliphatic carbocycles. The third-order valence-electron chi connectivity index (χ3n) is 4.82. The molecule has 5 rings (SSSR count). The number of thiophene rings is 1. The Morgan fingerprint density at radius 2 is 2.09 bits per heavy atom. The van der Waals surface area contributed by atoms with Crippen molar-refractivity contribution in [1.29, 1.82) is 0 Å². The first-order valence-corrected chi connectivity index (χ1v) is 10.6. The standard InChI is InChI=1S/C23H16F2N4O2S/c1-13(30)2-4-15-5-7-19-22(28-15)16-11-21(32-20(16)8-9-31-19)23-26-12-27-29(23)18-6-3-14(24)10-17(18)25/h3,5-7,10-13,30H,8-9H2,1H3. The van der Waals surface area contributed by atoms with Gasteiger partial charge in [0.25, 0.3) is 0 Å². The lowest BCUT2D eigenvalue weighted by molar-refractivity contribution is 0.253. The number of fused-ring (bicyclic) bond motifs is 3. The van der Waals surface area contributed by atoms with Gasteiger partial charge in [-0.2, -0.15) is 5.10 Å². The largest absolute Gasteiger partial charge is 0.491 e. The maximum absolute atomic E-state index is 14.4. The lowest BCUT2D eigenvalue weighted by Crippen LogP contribution is -2.02. The highest BCUT2D eigenvalue weighted by atomic mass is 32.1. The van der Waals surface area contributed by atoms with Crippen molar-refractivity contribution >= 4 is 11.3 Å². The van der Waals surface area contributed by atoms with E-state index in [1.807, 2.05) is 12.1 Å². The van der Waals surface area contributed by atoms with Gasteiger partial charge in [-0.3, -0.25) is 0 Å². The molecule has 32 heavy (non-hydrogen) atoms. The van der Waals surface area contributed by atoms with Crippen LogP contribution in [0.4, 0.5) is 8.78 Å². The Labute approximate surface area is 186 Å². The van der Waals surface area contributed by atoms with Crippen molar-refractivity contribution in [1.82, 2.24) is 19.7 Å². The van der Waals surface area contributed by atoms with E-state index in [0.29, 0.717) is 36.0 Å². The van der Waals surface area contributed by atoms with Gasteiger partial charge in [-0.1, -0.05) is 5.92 Å². The monoisotopic (exact) mass is 450 g/mol. The topological polar surface area (TPSA) is 73.1 Å². The van der Waals surface area contributed by atoms with Gasteiger partial charge in [0.05, 0.1) is 11.5 Å². The molecule has 0 amide bonds. The zero-order valence-corrected chi connectivity index (χ0v) is 17.7. The van der Waals surface area contributed by atoms with E-state index < -0.39 is 17.7 Å². The second-order valence-corrected chi connectivity index (χ2v) is 8.26. The zero-order chi connectivity index (χ0) is 22.2. The minimum absolute atomic E-state index is 0.111. The average molecular weight is 450 g/mol. The average Bonchev–Trinajstić information content (AvgIpc) is 3.36. The molecule has 4 aromatic rings. The van der Waals surface area contributed by atoms with Crippen molar-refractivity contribution in [2.24, 2.45) is 0 Å². The molecule has 1 unspecified atom stereocenters. The van der Waals surface area contributed by atoms with Crippen LogP contribution in [0.5, 0.6) is 5.75 Å².